The number of benzene rings is 3. The number of H-pyrrole nitrogens is 1. The first-order valence-electron chi connectivity index (χ1n) is 10.2. The van der Waals surface area contributed by atoms with Gasteiger partial charge in [0.1, 0.15) is 5.82 Å². The molecular formula is C25H23FN2O. The van der Waals surface area contributed by atoms with Gasteiger partial charge in [0, 0.05) is 29.1 Å². The van der Waals surface area contributed by atoms with Gasteiger partial charge in [-0.15, -0.1) is 0 Å². The zero-order valence-electron chi connectivity index (χ0n) is 16.2. The Labute approximate surface area is 168 Å². The lowest BCUT2D eigenvalue weighted by Gasteiger charge is -2.23. The predicted octanol–water partition coefficient (Wildman–Crippen LogP) is 5.07. The molecule has 4 aromatic rings. The number of aryl methyl sites for hydroxylation is 2. The average molecular weight is 386 g/mol. The van der Waals surface area contributed by atoms with Crippen LogP contribution in [0.3, 0.4) is 0 Å². The molecule has 4 heteroatoms. The van der Waals surface area contributed by atoms with Crippen molar-refractivity contribution in [3.8, 4) is 0 Å². The molecule has 0 bridgehead atoms. The Morgan fingerprint density at radius 1 is 1.07 bits per heavy atom. The molecule has 1 aliphatic carbocycles. The summed E-state index contributed by atoms with van der Waals surface area (Å²) in [6.45, 7) is 0. The Kier molecular flexibility index (Phi) is 4.55. The Morgan fingerprint density at radius 3 is 2.83 bits per heavy atom. The van der Waals surface area contributed by atoms with Crippen LogP contribution in [0.4, 0.5) is 4.39 Å². The van der Waals surface area contributed by atoms with Gasteiger partial charge in [0.25, 0.3) is 0 Å². The van der Waals surface area contributed by atoms with Gasteiger partial charge in [-0.25, -0.2) is 4.39 Å². The van der Waals surface area contributed by atoms with Crippen LogP contribution in [-0.2, 0) is 24.1 Å². The van der Waals surface area contributed by atoms with Crippen LogP contribution >= 0.6 is 0 Å². The number of carbonyl (C=O) groups excluding carboxylic acids is 1. The van der Waals surface area contributed by atoms with Crippen molar-refractivity contribution in [2.75, 3.05) is 0 Å². The number of hydrogen-bond acceptors (Lipinski definition) is 1. The number of hydrogen-bond donors (Lipinski definition) is 2. The molecule has 0 spiro atoms. The molecule has 5 rings (SSSR count). The van der Waals surface area contributed by atoms with E-state index in [9.17, 15) is 9.18 Å². The van der Waals surface area contributed by atoms with E-state index in [1.54, 1.807) is 12.1 Å². The monoisotopic (exact) mass is 386 g/mol. The lowest BCUT2D eigenvalue weighted by molar-refractivity contribution is -0.121. The molecule has 0 saturated carbocycles. The van der Waals surface area contributed by atoms with Gasteiger partial charge >= 0.3 is 0 Å². The van der Waals surface area contributed by atoms with E-state index in [2.05, 4.69) is 40.6 Å². The van der Waals surface area contributed by atoms with Gasteiger partial charge < -0.3 is 10.3 Å². The number of carbonyl (C=O) groups is 1. The highest BCUT2D eigenvalue weighted by atomic mass is 19.1. The van der Waals surface area contributed by atoms with E-state index in [1.165, 1.54) is 28.1 Å². The van der Waals surface area contributed by atoms with E-state index in [-0.39, 0.29) is 17.8 Å². The van der Waals surface area contributed by atoms with Crippen LogP contribution in [0.5, 0.6) is 0 Å². The highest BCUT2D eigenvalue weighted by Crippen LogP contribution is 2.29. The first-order valence-corrected chi connectivity index (χ1v) is 10.2. The maximum Gasteiger partial charge on any atom is 0.220 e. The molecule has 0 aliphatic heterocycles. The Balaban J connectivity index is 1.23. The van der Waals surface area contributed by atoms with E-state index < -0.39 is 0 Å². The molecule has 1 unspecified atom stereocenters. The van der Waals surface area contributed by atoms with Gasteiger partial charge in [-0.2, -0.15) is 0 Å². The number of fused-ring (bicyclic) bond motifs is 4. The van der Waals surface area contributed by atoms with Crippen LogP contribution in [0, 0.1) is 5.82 Å². The summed E-state index contributed by atoms with van der Waals surface area (Å²) in [5, 5.41) is 6.55. The summed E-state index contributed by atoms with van der Waals surface area (Å²) in [6, 6.07) is 19.6. The Hall–Kier alpha value is -3.14. The van der Waals surface area contributed by atoms with Crippen molar-refractivity contribution >= 4 is 27.6 Å². The molecule has 146 valence electrons. The number of nitrogens with one attached hydrogen (secondary N) is 2. The molecule has 0 radical (unpaired) electrons. The van der Waals surface area contributed by atoms with Gasteiger partial charge in [-0.05, 0) is 65.8 Å². The molecule has 29 heavy (non-hydrogen) atoms. The fourth-order valence-electron chi connectivity index (χ4n) is 4.46. The number of aromatic nitrogens is 1. The quantitative estimate of drug-likeness (QED) is 0.506. The first-order chi connectivity index (χ1) is 14.2. The zero-order valence-corrected chi connectivity index (χ0v) is 16.2. The second kappa shape index (κ2) is 7.36. The smallest absolute Gasteiger partial charge is 0.220 e. The minimum Gasteiger partial charge on any atom is -0.358 e. The summed E-state index contributed by atoms with van der Waals surface area (Å²) in [7, 11) is 0. The maximum absolute atomic E-state index is 13.7. The average Bonchev–Trinajstić information content (AvgIpc) is 3.09. The lowest BCUT2D eigenvalue weighted by atomic mass is 9.91. The van der Waals surface area contributed by atoms with Crippen LogP contribution < -0.4 is 5.32 Å². The predicted molar refractivity (Wildman–Crippen MR) is 114 cm³/mol. The van der Waals surface area contributed by atoms with Crippen molar-refractivity contribution in [1.29, 1.82) is 0 Å². The number of aromatic amines is 1. The van der Waals surface area contributed by atoms with E-state index in [1.807, 2.05) is 12.1 Å². The van der Waals surface area contributed by atoms with E-state index in [0.717, 1.165) is 42.1 Å². The fraction of sp³-hybridized carbons (Fsp3) is 0.240. The first kappa shape index (κ1) is 17.9. The molecule has 2 N–H and O–H groups in total. The van der Waals surface area contributed by atoms with E-state index in [4.69, 9.17) is 0 Å². The second-order valence-electron chi connectivity index (χ2n) is 7.96. The van der Waals surface area contributed by atoms with Crippen LogP contribution in [-0.4, -0.2) is 16.9 Å². The Bertz CT molecular complexity index is 1210. The summed E-state index contributed by atoms with van der Waals surface area (Å²) < 4.78 is 13.7. The zero-order chi connectivity index (χ0) is 19.8. The van der Waals surface area contributed by atoms with Crippen molar-refractivity contribution in [2.45, 2.75) is 38.1 Å². The largest absolute Gasteiger partial charge is 0.358 e. The number of amides is 1. The molecule has 1 amide bonds. The highest BCUT2D eigenvalue weighted by Gasteiger charge is 2.23. The third-order valence-electron chi connectivity index (χ3n) is 5.97. The molecule has 3 aromatic carbocycles. The summed E-state index contributed by atoms with van der Waals surface area (Å²) >= 11 is 0. The molecule has 1 aromatic heterocycles. The molecular weight excluding hydrogens is 363 g/mol. The molecule has 1 heterocycles. The van der Waals surface area contributed by atoms with Gasteiger partial charge in [-0.3, -0.25) is 4.79 Å². The van der Waals surface area contributed by atoms with Crippen LogP contribution in [0.25, 0.3) is 21.7 Å². The third kappa shape index (κ3) is 3.63. The van der Waals surface area contributed by atoms with Crippen LogP contribution in [0.15, 0.2) is 60.7 Å². The minimum absolute atomic E-state index is 0.0811. The molecule has 0 fully saturated rings. The van der Waals surface area contributed by atoms with Gasteiger partial charge in [0.05, 0.1) is 0 Å². The molecule has 1 aliphatic rings. The minimum atomic E-state index is -0.221. The summed E-state index contributed by atoms with van der Waals surface area (Å²) in [5.74, 6) is -0.140. The van der Waals surface area contributed by atoms with Crippen molar-refractivity contribution in [3.63, 3.8) is 0 Å². The normalized spacial score (nSPS) is 16.1. The SMILES string of the molecule is O=C(CCc1ccc2ccccc2c1)NC1CCc2[nH]c3ccc(F)cc3c2C1. The molecule has 1 atom stereocenters. The Morgan fingerprint density at radius 2 is 1.93 bits per heavy atom. The van der Waals surface area contributed by atoms with Crippen LogP contribution in [0.1, 0.15) is 29.7 Å². The molecule has 3 nitrogen and oxygen atoms in total. The summed E-state index contributed by atoms with van der Waals surface area (Å²) in [6.07, 6.45) is 3.74. The van der Waals surface area contributed by atoms with E-state index in [0.29, 0.717) is 6.42 Å². The van der Waals surface area contributed by atoms with E-state index >= 15 is 0 Å². The van der Waals surface area contributed by atoms with Crippen molar-refractivity contribution in [3.05, 3.63) is 83.3 Å². The number of rotatable bonds is 4. The van der Waals surface area contributed by atoms with Gasteiger partial charge in [-0.1, -0.05) is 42.5 Å². The summed E-state index contributed by atoms with van der Waals surface area (Å²) in [5.41, 5.74) is 4.47. The lowest BCUT2D eigenvalue weighted by Crippen LogP contribution is -2.38. The van der Waals surface area contributed by atoms with Crippen molar-refractivity contribution in [1.82, 2.24) is 10.3 Å². The third-order valence-corrected chi connectivity index (χ3v) is 5.97. The molecule has 0 saturated heterocycles. The van der Waals surface area contributed by atoms with Crippen LogP contribution in [0.2, 0.25) is 0 Å². The van der Waals surface area contributed by atoms with Gasteiger partial charge in [0.15, 0.2) is 0 Å². The maximum atomic E-state index is 13.7. The van der Waals surface area contributed by atoms with Crippen molar-refractivity contribution in [2.24, 2.45) is 0 Å². The fourth-order valence-corrected chi connectivity index (χ4v) is 4.46. The second-order valence-corrected chi connectivity index (χ2v) is 7.96. The van der Waals surface area contributed by atoms with Crippen molar-refractivity contribution < 1.29 is 9.18 Å². The standard InChI is InChI=1S/C25H23FN2O/c26-19-8-10-23-21(14-19)22-15-20(9-11-24(22)28-23)27-25(29)12-6-16-5-7-17-3-1-2-4-18(17)13-16/h1-5,7-8,10,13-14,20,28H,6,9,11-12,15H2,(H,27,29). The topological polar surface area (TPSA) is 44.9 Å². The highest BCUT2D eigenvalue weighted by molar-refractivity contribution is 5.85. The van der Waals surface area contributed by atoms with Gasteiger partial charge in [0.2, 0.25) is 5.91 Å². The summed E-state index contributed by atoms with van der Waals surface area (Å²) in [4.78, 5) is 15.9. The number of halogens is 1.